The average Bonchev–Trinajstić information content (AvgIpc) is 2.99. The zero-order valence-electron chi connectivity index (χ0n) is 11.4. The van der Waals surface area contributed by atoms with E-state index in [4.69, 9.17) is 5.11 Å². The number of aliphatic hydroxyl groups excluding tert-OH is 1. The molecule has 0 aliphatic heterocycles. The van der Waals surface area contributed by atoms with Gasteiger partial charge in [-0.15, -0.1) is 10.2 Å². The Morgan fingerprint density at radius 3 is 2.55 bits per heavy atom. The van der Waals surface area contributed by atoms with Gasteiger partial charge in [0.2, 0.25) is 0 Å². The predicted molar refractivity (Wildman–Crippen MR) is 74.6 cm³/mol. The first-order chi connectivity index (χ1) is 9.70. The van der Waals surface area contributed by atoms with Crippen molar-refractivity contribution in [3.05, 3.63) is 42.5 Å². The Bertz CT molecular complexity index is 537. The van der Waals surface area contributed by atoms with Gasteiger partial charge < -0.3 is 10.4 Å². The smallest absolute Gasteiger partial charge is 0.251 e. The summed E-state index contributed by atoms with van der Waals surface area (Å²) in [6.07, 6.45) is 3.89. The van der Waals surface area contributed by atoms with E-state index < -0.39 is 0 Å². The molecule has 1 amide bonds. The molecule has 1 aromatic heterocycles. The van der Waals surface area contributed by atoms with E-state index in [1.165, 1.54) is 0 Å². The second kappa shape index (κ2) is 6.81. The van der Waals surface area contributed by atoms with E-state index in [2.05, 4.69) is 15.5 Å². The van der Waals surface area contributed by atoms with Gasteiger partial charge in [0.1, 0.15) is 12.7 Å². The number of hydrogen-bond donors (Lipinski definition) is 2. The second-order valence-corrected chi connectivity index (χ2v) is 4.74. The molecule has 6 heteroatoms. The molecule has 0 aliphatic carbocycles. The first-order valence-corrected chi connectivity index (χ1v) is 6.55. The minimum absolute atomic E-state index is 0.106. The highest BCUT2D eigenvalue weighted by molar-refractivity contribution is 5.94. The van der Waals surface area contributed by atoms with Crippen LogP contribution >= 0.6 is 0 Å². The third-order valence-corrected chi connectivity index (χ3v) is 3.08. The molecule has 2 N–H and O–H groups in total. The standard InChI is InChI=1S/C14H18N4O2/c1-11(6-7-19)8-15-14(20)12-2-4-13(5-3-12)18-9-16-17-10-18/h2-5,9-11,19H,6-8H2,1H3,(H,15,20). The minimum Gasteiger partial charge on any atom is -0.396 e. The van der Waals surface area contributed by atoms with Gasteiger partial charge in [-0.1, -0.05) is 6.92 Å². The fourth-order valence-corrected chi connectivity index (χ4v) is 1.81. The maximum Gasteiger partial charge on any atom is 0.251 e. The van der Waals surface area contributed by atoms with Crippen LogP contribution in [-0.4, -0.2) is 38.9 Å². The quantitative estimate of drug-likeness (QED) is 0.824. The van der Waals surface area contributed by atoms with E-state index in [1.807, 2.05) is 19.1 Å². The Hall–Kier alpha value is -2.21. The van der Waals surface area contributed by atoms with Crippen molar-refractivity contribution in [1.29, 1.82) is 0 Å². The molecule has 0 saturated heterocycles. The Morgan fingerprint density at radius 2 is 1.95 bits per heavy atom. The number of hydrogen-bond acceptors (Lipinski definition) is 4. The van der Waals surface area contributed by atoms with Crippen LogP contribution in [0.5, 0.6) is 0 Å². The van der Waals surface area contributed by atoms with Crippen LogP contribution < -0.4 is 5.32 Å². The summed E-state index contributed by atoms with van der Waals surface area (Å²) in [5.74, 6) is 0.158. The summed E-state index contributed by atoms with van der Waals surface area (Å²) in [5.41, 5.74) is 1.51. The van der Waals surface area contributed by atoms with Gasteiger partial charge in [-0.3, -0.25) is 9.36 Å². The molecule has 0 fully saturated rings. The van der Waals surface area contributed by atoms with E-state index in [1.54, 1.807) is 29.4 Å². The molecular formula is C14H18N4O2. The summed E-state index contributed by atoms with van der Waals surface area (Å²) in [7, 11) is 0. The SMILES string of the molecule is CC(CCO)CNC(=O)c1ccc(-n2cnnc2)cc1. The summed E-state index contributed by atoms with van der Waals surface area (Å²) >= 11 is 0. The molecule has 2 rings (SSSR count). The number of carbonyl (C=O) groups excluding carboxylic acids is 1. The number of benzene rings is 1. The van der Waals surface area contributed by atoms with E-state index in [0.717, 1.165) is 5.69 Å². The largest absolute Gasteiger partial charge is 0.396 e. The first-order valence-electron chi connectivity index (χ1n) is 6.55. The molecule has 0 radical (unpaired) electrons. The highest BCUT2D eigenvalue weighted by Gasteiger charge is 2.08. The summed E-state index contributed by atoms with van der Waals surface area (Å²) in [4.78, 5) is 11.9. The van der Waals surface area contributed by atoms with Crippen LogP contribution in [0.15, 0.2) is 36.9 Å². The average molecular weight is 274 g/mol. The number of rotatable bonds is 6. The van der Waals surface area contributed by atoms with Crippen molar-refractivity contribution < 1.29 is 9.90 Å². The van der Waals surface area contributed by atoms with Crippen LogP contribution in [0.1, 0.15) is 23.7 Å². The van der Waals surface area contributed by atoms with Gasteiger partial charge in [-0.25, -0.2) is 0 Å². The summed E-state index contributed by atoms with van der Waals surface area (Å²) in [5, 5.41) is 19.1. The maximum atomic E-state index is 11.9. The molecule has 0 spiro atoms. The van der Waals surface area contributed by atoms with E-state index in [0.29, 0.717) is 18.5 Å². The van der Waals surface area contributed by atoms with Gasteiger partial charge in [0.05, 0.1) is 0 Å². The predicted octanol–water partition coefficient (Wildman–Crippen LogP) is 1.02. The lowest BCUT2D eigenvalue weighted by Crippen LogP contribution is -2.28. The Kier molecular flexibility index (Phi) is 4.84. The van der Waals surface area contributed by atoms with Gasteiger partial charge >= 0.3 is 0 Å². The molecule has 20 heavy (non-hydrogen) atoms. The molecule has 1 aromatic carbocycles. The number of amides is 1. The molecule has 1 atom stereocenters. The summed E-state index contributed by atoms with van der Waals surface area (Å²) in [6, 6.07) is 7.22. The van der Waals surface area contributed by atoms with Crippen molar-refractivity contribution in [3.63, 3.8) is 0 Å². The van der Waals surface area contributed by atoms with Crippen molar-refractivity contribution in [2.24, 2.45) is 5.92 Å². The number of nitrogens with one attached hydrogen (secondary N) is 1. The third kappa shape index (κ3) is 3.64. The first kappa shape index (κ1) is 14.2. The zero-order valence-corrected chi connectivity index (χ0v) is 11.4. The molecule has 2 aromatic rings. The summed E-state index contributed by atoms with van der Waals surface area (Å²) < 4.78 is 1.77. The Morgan fingerprint density at radius 1 is 1.30 bits per heavy atom. The number of aliphatic hydroxyl groups is 1. The van der Waals surface area contributed by atoms with Crippen LogP contribution in [0.25, 0.3) is 5.69 Å². The normalized spacial score (nSPS) is 12.1. The lowest BCUT2D eigenvalue weighted by Gasteiger charge is -2.11. The molecule has 106 valence electrons. The second-order valence-electron chi connectivity index (χ2n) is 4.74. The van der Waals surface area contributed by atoms with Crippen LogP contribution in [0.4, 0.5) is 0 Å². The van der Waals surface area contributed by atoms with Crippen LogP contribution in [0, 0.1) is 5.92 Å². The molecule has 0 saturated carbocycles. The fourth-order valence-electron chi connectivity index (χ4n) is 1.81. The van der Waals surface area contributed by atoms with Gasteiger partial charge in [-0.05, 0) is 36.6 Å². The van der Waals surface area contributed by atoms with Crippen LogP contribution in [-0.2, 0) is 0 Å². The van der Waals surface area contributed by atoms with Crippen molar-refractivity contribution in [3.8, 4) is 5.69 Å². The van der Waals surface area contributed by atoms with E-state index in [9.17, 15) is 4.79 Å². The highest BCUT2D eigenvalue weighted by atomic mass is 16.3. The van der Waals surface area contributed by atoms with Gasteiger partial charge in [0.25, 0.3) is 5.91 Å². The van der Waals surface area contributed by atoms with Gasteiger partial charge in [0.15, 0.2) is 0 Å². The molecular weight excluding hydrogens is 256 g/mol. The van der Waals surface area contributed by atoms with Crippen molar-refractivity contribution in [1.82, 2.24) is 20.1 Å². The lowest BCUT2D eigenvalue weighted by molar-refractivity contribution is 0.0945. The molecule has 6 nitrogen and oxygen atoms in total. The number of nitrogens with zero attached hydrogens (tertiary/aromatic N) is 3. The van der Waals surface area contributed by atoms with Crippen LogP contribution in [0.3, 0.4) is 0 Å². The lowest BCUT2D eigenvalue weighted by atomic mass is 10.1. The fraction of sp³-hybridized carbons (Fsp3) is 0.357. The minimum atomic E-state index is -0.106. The highest BCUT2D eigenvalue weighted by Crippen LogP contribution is 2.09. The van der Waals surface area contributed by atoms with Gasteiger partial charge in [0, 0.05) is 24.4 Å². The van der Waals surface area contributed by atoms with Crippen LogP contribution in [0.2, 0.25) is 0 Å². The van der Waals surface area contributed by atoms with Crippen molar-refractivity contribution in [2.75, 3.05) is 13.2 Å². The zero-order chi connectivity index (χ0) is 14.4. The Labute approximate surface area is 117 Å². The topological polar surface area (TPSA) is 80.0 Å². The molecule has 0 bridgehead atoms. The van der Waals surface area contributed by atoms with E-state index >= 15 is 0 Å². The Balaban J connectivity index is 1.94. The van der Waals surface area contributed by atoms with Crippen molar-refractivity contribution in [2.45, 2.75) is 13.3 Å². The molecule has 1 unspecified atom stereocenters. The monoisotopic (exact) mass is 274 g/mol. The molecule has 1 heterocycles. The third-order valence-electron chi connectivity index (χ3n) is 3.08. The molecule has 0 aliphatic rings. The number of carbonyl (C=O) groups is 1. The van der Waals surface area contributed by atoms with Gasteiger partial charge in [-0.2, -0.15) is 0 Å². The number of aromatic nitrogens is 3. The van der Waals surface area contributed by atoms with E-state index in [-0.39, 0.29) is 18.4 Å². The summed E-state index contributed by atoms with van der Waals surface area (Å²) in [6.45, 7) is 2.70. The maximum absolute atomic E-state index is 11.9. The van der Waals surface area contributed by atoms with Crippen molar-refractivity contribution >= 4 is 5.91 Å².